The molecule has 148 valence electrons. The lowest BCUT2D eigenvalue weighted by Crippen LogP contribution is -2.35. The zero-order valence-electron chi connectivity index (χ0n) is 16.2. The molecule has 1 atom stereocenters. The fourth-order valence-electron chi connectivity index (χ4n) is 2.73. The van der Waals surface area contributed by atoms with Crippen LogP contribution >= 0.6 is 0 Å². The monoisotopic (exact) mass is 391 g/mol. The highest BCUT2D eigenvalue weighted by atomic mass is 16.5. The molecule has 1 aromatic heterocycles. The first kappa shape index (κ1) is 20.1. The topological polar surface area (TPSA) is 85.6 Å². The Kier molecular flexibility index (Phi) is 6.24. The number of nitrogens with one attached hydrogen (secondary N) is 1. The van der Waals surface area contributed by atoms with E-state index in [4.69, 9.17) is 9.15 Å². The Morgan fingerprint density at radius 1 is 0.966 bits per heavy atom. The maximum absolute atomic E-state index is 12.8. The van der Waals surface area contributed by atoms with Crippen LogP contribution in [0.1, 0.15) is 44.5 Å². The molecular weight excluding hydrogens is 370 g/mol. The summed E-state index contributed by atoms with van der Waals surface area (Å²) in [5.41, 5.74) is 1.84. The lowest BCUT2D eigenvalue weighted by molar-refractivity contribution is -0.129. The van der Waals surface area contributed by atoms with Crippen LogP contribution in [0.15, 0.2) is 71.3 Å². The largest absolute Gasteiger partial charge is 0.467 e. The zero-order chi connectivity index (χ0) is 20.8. The molecule has 0 bridgehead atoms. The normalized spacial score (nSPS) is 11.5. The molecule has 0 spiro atoms. The number of ether oxygens (including phenoxy) is 1. The van der Waals surface area contributed by atoms with Gasteiger partial charge in [-0.05, 0) is 32.0 Å². The van der Waals surface area contributed by atoms with E-state index in [1.54, 1.807) is 42.5 Å². The van der Waals surface area contributed by atoms with Crippen LogP contribution in [0, 0.1) is 6.92 Å². The van der Waals surface area contributed by atoms with E-state index in [0.29, 0.717) is 11.3 Å². The quantitative estimate of drug-likeness (QED) is 0.490. The van der Waals surface area contributed by atoms with E-state index in [1.807, 2.05) is 19.1 Å². The van der Waals surface area contributed by atoms with Crippen molar-refractivity contribution in [2.45, 2.75) is 26.5 Å². The molecule has 0 aliphatic heterocycles. The summed E-state index contributed by atoms with van der Waals surface area (Å²) >= 11 is 0. The molecule has 0 saturated heterocycles. The molecule has 1 heterocycles. The standard InChI is InChI=1S/C23H21NO5/c1-15-9-11-17(12-10-15)21(25)19-7-3-4-8-20(19)23(27)29-16(2)22(26)24-14-18-6-5-13-28-18/h3-13,16H,14H2,1-2H3,(H,24,26)/t16-/m0/s1. The van der Waals surface area contributed by atoms with Crippen LogP contribution in [0.4, 0.5) is 0 Å². The maximum Gasteiger partial charge on any atom is 0.339 e. The summed E-state index contributed by atoms with van der Waals surface area (Å²) in [5, 5.41) is 2.63. The predicted octanol–water partition coefficient (Wildman–Crippen LogP) is 3.68. The van der Waals surface area contributed by atoms with Gasteiger partial charge in [-0.25, -0.2) is 4.79 Å². The van der Waals surface area contributed by atoms with E-state index in [1.165, 1.54) is 19.3 Å². The van der Waals surface area contributed by atoms with Crippen molar-refractivity contribution in [3.05, 3.63) is 94.9 Å². The first-order chi connectivity index (χ1) is 14.0. The summed E-state index contributed by atoms with van der Waals surface area (Å²) in [7, 11) is 0. The van der Waals surface area contributed by atoms with Crippen molar-refractivity contribution >= 4 is 17.7 Å². The number of esters is 1. The number of carbonyl (C=O) groups is 3. The number of ketones is 1. The molecule has 3 aromatic rings. The highest BCUT2D eigenvalue weighted by Gasteiger charge is 2.23. The molecule has 6 nitrogen and oxygen atoms in total. The summed E-state index contributed by atoms with van der Waals surface area (Å²) in [4.78, 5) is 37.6. The number of amides is 1. The van der Waals surface area contributed by atoms with Crippen molar-refractivity contribution in [3.63, 3.8) is 0 Å². The number of aryl methyl sites for hydroxylation is 1. The third kappa shape index (κ3) is 4.99. The Morgan fingerprint density at radius 2 is 1.66 bits per heavy atom. The van der Waals surface area contributed by atoms with Crippen molar-refractivity contribution in [2.75, 3.05) is 0 Å². The van der Waals surface area contributed by atoms with Gasteiger partial charge in [0.1, 0.15) is 5.76 Å². The number of furan rings is 1. The lowest BCUT2D eigenvalue weighted by Gasteiger charge is -2.14. The molecular formula is C23H21NO5. The second-order valence-corrected chi connectivity index (χ2v) is 6.59. The number of rotatable bonds is 7. The van der Waals surface area contributed by atoms with Crippen LogP contribution in [-0.2, 0) is 16.1 Å². The molecule has 1 N–H and O–H groups in total. The van der Waals surface area contributed by atoms with Gasteiger partial charge in [-0.1, -0.05) is 48.0 Å². The van der Waals surface area contributed by atoms with Crippen LogP contribution in [0.2, 0.25) is 0 Å². The Labute approximate surface area is 168 Å². The van der Waals surface area contributed by atoms with Gasteiger partial charge in [0, 0.05) is 11.1 Å². The second-order valence-electron chi connectivity index (χ2n) is 6.59. The first-order valence-electron chi connectivity index (χ1n) is 9.17. The minimum absolute atomic E-state index is 0.115. The highest BCUT2D eigenvalue weighted by molar-refractivity contribution is 6.14. The highest BCUT2D eigenvalue weighted by Crippen LogP contribution is 2.17. The van der Waals surface area contributed by atoms with Gasteiger partial charge in [0.05, 0.1) is 18.4 Å². The molecule has 1 amide bonds. The fourth-order valence-corrected chi connectivity index (χ4v) is 2.73. The third-order valence-corrected chi connectivity index (χ3v) is 4.38. The molecule has 0 aliphatic carbocycles. The Bertz CT molecular complexity index is 1010. The van der Waals surface area contributed by atoms with Gasteiger partial charge < -0.3 is 14.5 Å². The third-order valence-electron chi connectivity index (χ3n) is 4.38. The van der Waals surface area contributed by atoms with Gasteiger partial charge >= 0.3 is 5.97 Å². The Morgan fingerprint density at radius 3 is 2.31 bits per heavy atom. The van der Waals surface area contributed by atoms with E-state index in [9.17, 15) is 14.4 Å². The van der Waals surface area contributed by atoms with Crippen molar-refractivity contribution in [1.29, 1.82) is 0 Å². The molecule has 0 unspecified atom stereocenters. The van der Waals surface area contributed by atoms with Crippen LogP contribution in [-0.4, -0.2) is 23.8 Å². The summed E-state index contributed by atoms with van der Waals surface area (Å²) in [5.74, 6) is -0.891. The Hall–Kier alpha value is -3.67. The summed E-state index contributed by atoms with van der Waals surface area (Å²) in [6.07, 6.45) is 0.479. The van der Waals surface area contributed by atoms with Gasteiger partial charge in [0.25, 0.3) is 5.91 Å². The van der Waals surface area contributed by atoms with E-state index in [0.717, 1.165) is 5.56 Å². The number of hydrogen-bond acceptors (Lipinski definition) is 5. The molecule has 0 aliphatic rings. The van der Waals surface area contributed by atoms with Crippen molar-refractivity contribution in [3.8, 4) is 0 Å². The number of carbonyl (C=O) groups excluding carboxylic acids is 3. The maximum atomic E-state index is 12.8. The molecule has 6 heteroatoms. The Balaban J connectivity index is 1.70. The van der Waals surface area contributed by atoms with Crippen molar-refractivity contribution in [2.24, 2.45) is 0 Å². The summed E-state index contributed by atoms with van der Waals surface area (Å²) < 4.78 is 10.4. The van der Waals surface area contributed by atoms with Crippen LogP contribution in [0.25, 0.3) is 0 Å². The second kappa shape index (κ2) is 9.01. The minimum atomic E-state index is -1.03. The van der Waals surface area contributed by atoms with Gasteiger partial charge in [-0.3, -0.25) is 9.59 Å². The van der Waals surface area contributed by atoms with Gasteiger partial charge in [0.2, 0.25) is 0 Å². The van der Waals surface area contributed by atoms with E-state index in [-0.39, 0.29) is 23.5 Å². The van der Waals surface area contributed by atoms with E-state index < -0.39 is 18.0 Å². The minimum Gasteiger partial charge on any atom is -0.467 e. The van der Waals surface area contributed by atoms with Crippen molar-refractivity contribution in [1.82, 2.24) is 5.32 Å². The van der Waals surface area contributed by atoms with Gasteiger partial charge in [-0.15, -0.1) is 0 Å². The zero-order valence-corrected chi connectivity index (χ0v) is 16.2. The smallest absolute Gasteiger partial charge is 0.339 e. The molecule has 0 saturated carbocycles. The van der Waals surface area contributed by atoms with Crippen LogP contribution in [0.5, 0.6) is 0 Å². The average molecular weight is 391 g/mol. The summed E-state index contributed by atoms with van der Waals surface area (Å²) in [6, 6.07) is 16.9. The molecule has 3 rings (SSSR count). The van der Waals surface area contributed by atoms with Gasteiger partial charge in [0.15, 0.2) is 11.9 Å². The summed E-state index contributed by atoms with van der Waals surface area (Å²) in [6.45, 7) is 3.59. The lowest BCUT2D eigenvalue weighted by atomic mass is 9.98. The average Bonchev–Trinajstić information content (AvgIpc) is 3.25. The van der Waals surface area contributed by atoms with Gasteiger partial charge in [-0.2, -0.15) is 0 Å². The first-order valence-corrected chi connectivity index (χ1v) is 9.17. The SMILES string of the molecule is Cc1ccc(C(=O)c2ccccc2C(=O)O[C@@H](C)C(=O)NCc2ccco2)cc1. The number of benzene rings is 2. The van der Waals surface area contributed by atoms with Crippen LogP contribution in [0.3, 0.4) is 0 Å². The fraction of sp³-hybridized carbons (Fsp3) is 0.174. The number of hydrogen-bond donors (Lipinski definition) is 1. The van der Waals surface area contributed by atoms with E-state index >= 15 is 0 Å². The van der Waals surface area contributed by atoms with Crippen LogP contribution < -0.4 is 5.32 Å². The van der Waals surface area contributed by atoms with E-state index in [2.05, 4.69) is 5.32 Å². The molecule has 29 heavy (non-hydrogen) atoms. The molecule has 0 fully saturated rings. The molecule has 0 radical (unpaired) electrons. The predicted molar refractivity (Wildman–Crippen MR) is 106 cm³/mol. The van der Waals surface area contributed by atoms with Crippen molar-refractivity contribution < 1.29 is 23.5 Å². The molecule has 2 aromatic carbocycles.